The molecule has 0 saturated carbocycles. The topological polar surface area (TPSA) is 45.9 Å². The van der Waals surface area contributed by atoms with Gasteiger partial charge in [-0.3, -0.25) is 10.1 Å². The van der Waals surface area contributed by atoms with Gasteiger partial charge < -0.3 is 12.4 Å². The highest BCUT2D eigenvalue weighted by atomic mass is 35.5. The molecule has 21 heavy (non-hydrogen) atoms. The number of halogens is 1. The number of aryl methyl sites for hydroxylation is 1. The first-order valence-electron chi connectivity index (χ1n) is 6.32. The zero-order valence-electron chi connectivity index (χ0n) is 11.4. The molecular formula is C15H14ClN3OS. The second kappa shape index (κ2) is 6.65. The Morgan fingerprint density at radius 1 is 1.29 bits per heavy atom. The van der Waals surface area contributed by atoms with Crippen LogP contribution in [-0.4, -0.2) is 10.9 Å². The van der Waals surface area contributed by atoms with E-state index in [2.05, 4.69) is 10.3 Å². The van der Waals surface area contributed by atoms with Crippen LogP contribution in [0, 0.1) is 6.92 Å². The summed E-state index contributed by atoms with van der Waals surface area (Å²) in [7, 11) is 0. The van der Waals surface area contributed by atoms with Gasteiger partial charge in [0.1, 0.15) is 0 Å². The molecule has 108 valence electrons. The molecule has 0 bridgehead atoms. The summed E-state index contributed by atoms with van der Waals surface area (Å²) in [6, 6.07) is 11.8. The van der Waals surface area contributed by atoms with Crippen LogP contribution in [0.5, 0.6) is 0 Å². The van der Waals surface area contributed by atoms with Crippen LogP contribution >= 0.6 is 11.3 Å². The highest BCUT2D eigenvalue weighted by Crippen LogP contribution is 2.25. The first kappa shape index (κ1) is 15.4. The van der Waals surface area contributed by atoms with E-state index in [4.69, 9.17) is 0 Å². The first-order chi connectivity index (χ1) is 9.70. The third-order valence-corrected chi connectivity index (χ3v) is 3.82. The van der Waals surface area contributed by atoms with Crippen LogP contribution in [0.15, 0.2) is 48.8 Å². The molecule has 0 aliphatic rings. The number of rotatable bonds is 3. The molecule has 2 heterocycles. The normalized spacial score (nSPS) is 10.1. The number of thiazole rings is 1. The van der Waals surface area contributed by atoms with Crippen LogP contribution in [-0.2, 0) is 11.3 Å². The standard InChI is InChI=1S/C15H13N3OS.ClH/c1-11-5-4-8-18(9-11)10-14(19)17-15-16-12-6-2-3-7-13(12)20-15;/h2-9H,10H2,1H3;1H. The third kappa shape index (κ3) is 3.77. The summed E-state index contributed by atoms with van der Waals surface area (Å²) in [4.78, 5) is 16.4. The molecule has 4 nitrogen and oxygen atoms in total. The van der Waals surface area contributed by atoms with Crippen LogP contribution in [0.3, 0.4) is 0 Å². The van der Waals surface area contributed by atoms with E-state index in [1.54, 1.807) is 0 Å². The molecular weight excluding hydrogens is 306 g/mol. The maximum Gasteiger partial charge on any atom is 0.292 e. The van der Waals surface area contributed by atoms with Gasteiger partial charge >= 0.3 is 0 Å². The predicted molar refractivity (Wildman–Crippen MR) is 79.6 cm³/mol. The predicted octanol–water partition coefficient (Wildman–Crippen LogP) is -0.465. The molecule has 6 heteroatoms. The molecule has 1 amide bonds. The van der Waals surface area contributed by atoms with Crippen molar-refractivity contribution in [2.24, 2.45) is 0 Å². The second-order valence-corrected chi connectivity index (χ2v) is 5.62. The average Bonchev–Trinajstić information content (AvgIpc) is 2.80. The van der Waals surface area contributed by atoms with Crippen molar-refractivity contribution >= 4 is 32.6 Å². The SMILES string of the molecule is Cc1ccc[n+](CC(=O)Nc2nc3ccccc3s2)c1.[Cl-]. The largest absolute Gasteiger partial charge is 1.00 e. The van der Waals surface area contributed by atoms with Crippen molar-refractivity contribution in [2.75, 3.05) is 5.32 Å². The van der Waals surface area contributed by atoms with Gasteiger partial charge in [0.2, 0.25) is 6.54 Å². The molecule has 2 aromatic heterocycles. The van der Waals surface area contributed by atoms with Crippen molar-refractivity contribution < 1.29 is 21.8 Å². The zero-order chi connectivity index (χ0) is 13.9. The number of carbonyl (C=O) groups is 1. The molecule has 0 aliphatic carbocycles. The lowest BCUT2D eigenvalue weighted by atomic mass is 10.3. The van der Waals surface area contributed by atoms with E-state index in [9.17, 15) is 4.79 Å². The molecule has 0 unspecified atom stereocenters. The number of para-hydroxylation sites is 1. The van der Waals surface area contributed by atoms with Gasteiger partial charge in [0, 0.05) is 11.6 Å². The highest BCUT2D eigenvalue weighted by Gasteiger charge is 2.12. The molecule has 3 rings (SSSR count). The van der Waals surface area contributed by atoms with Gasteiger partial charge in [-0.05, 0) is 25.1 Å². The van der Waals surface area contributed by atoms with Crippen molar-refractivity contribution in [1.29, 1.82) is 0 Å². The minimum atomic E-state index is -0.0698. The third-order valence-electron chi connectivity index (χ3n) is 2.87. The number of hydrogen-bond acceptors (Lipinski definition) is 3. The van der Waals surface area contributed by atoms with Gasteiger partial charge in [0.15, 0.2) is 17.5 Å². The summed E-state index contributed by atoms with van der Waals surface area (Å²) in [5, 5.41) is 3.49. The van der Waals surface area contributed by atoms with E-state index < -0.39 is 0 Å². The summed E-state index contributed by atoms with van der Waals surface area (Å²) < 4.78 is 2.93. The number of benzene rings is 1. The van der Waals surface area contributed by atoms with Gasteiger partial charge in [0.05, 0.1) is 10.2 Å². The van der Waals surface area contributed by atoms with Crippen LogP contribution in [0.4, 0.5) is 5.13 Å². The Hall–Kier alpha value is -1.98. The number of fused-ring (bicyclic) bond motifs is 1. The number of anilines is 1. The van der Waals surface area contributed by atoms with E-state index in [0.29, 0.717) is 5.13 Å². The average molecular weight is 320 g/mol. The summed E-state index contributed by atoms with van der Waals surface area (Å²) in [6.07, 6.45) is 3.82. The fraction of sp³-hybridized carbons (Fsp3) is 0.133. The lowest BCUT2D eigenvalue weighted by molar-refractivity contribution is -0.684. The van der Waals surface area contributed by atoms with Crippen molar-refractivity contribution in [3.63, 3.8) is 0 Å². The van der Waals surface area contributed by atoms with Gasteiger partial charge in [-0.15, -0.1) is 0 Å². The molecule has 1 N–H and O–H groups in total. The van der Waals surface area contributed by atoms with Crippen LogP contribution in [0.2, 0.25) is 0 Å². The number of hydrogen-bond donors (Lipinski definition) is 1. The molecule has 3 aromatic rings. The Kier molecular flexibility index (Phi) is 4.88. The summed E-state index contributed by atoms with van der Waals surface area (Å²) >= 11 is 1.49. The molecule has 0 radical (unpaired) electrons. The maximum atomic E-state index is 12.0. The summed E-state index contributed by atoms with van der Waals surface area (Å²) in [6.45, 7) is 2.29. The zero-order valence-corrected chi connectivity index (χ0v) is 13.0. The van der Waals surface area contributed by atoms with Crippen molar-refractivity contribution in [1.82, 2.24) is 4.98 Å². The monoisotopic (exact) mass is 319 g/mol. The Bertz CT molecular complexity index is 739. The molecule has 0 fully saturated rings. The summed E-state index contributed by atoms with van der Waals surface area (Å²) in [5.41, 5.74) is 2.04. The van der Waals surface area contributed by atoms with Crippen molar-refractivity contribution in [3.05, 3.63) is 54.4 Å². The van der Waals surface area contributed by atoms with Crippen LogP contribution in [0.1, 0.15) is 5.56 Å². The number of carbonyl (C=O) groups excluding carboxylic acids is 1. The highest BCUT2D eigenvalue weighted by molar-refractivity contribution is 7.22. The van der Waals surface area contributed by atoms with E-state index >= 15 is 0 Å². The Morgan fingerprint density at radius 3 is 2.86 bits per heavy atom. The number of amides is 1. The quantitative estimate of drug-likeness (QED) is 0.664. The lowest BCUT2D eigenvalue weighted by Crippen LogP contribution is -3.00. The number of nitrogens with one attached hydrogen (secondary N) is 1. The first-order valence-corrected chi connectivity index (χ1v) is 7.13. The molecule has 0 spiro atoms. The molecule has 1 aromatic carbocycles. The number of nitrogens with zero attached hydrogens (tertiary/aromatic N) is 2. The Labute approximate surface area is 132 Å². The fourth-order valence-corrected chi connectivity index (χ4v) is 2.88. The molecule has 0 saturated heterocycles. The minimum Gasteiger partial charge on any atom is -1.00 e. The lowest BCUT2D eigenvalue weighted by Gasteiger charge is -1.98. The number of aromatic nitrogens is 2. The van der Waals surface area contributed by atoms with E-state index in [1.807, 2.05) is 60.3 Å². The maximum absolute atomic E-state index is 12.0. The van der Waals surface area contributed by atoms with Crippen molar-refractivity contribution in [2.45, 2.75) is 13.5 Å². The molecule has 0 aliphatic heterocycles. The van der Waals surface area contributed by atoms with Gasteiger partial charge in [-0.25, -0.2) is 4.98 Å². The van der Waals surface area contributed by atoms with Gasteiger partial charge in [-0.1, -0.05) is 23.5 Å². The Balaban J connectivity index is 0.00000161. The van der Waals surface area contributed by atoms with Crippen molar-refractivity contribution in [3.8, 4) is 0 Å². The fourth-order valence-electron chi connectivity index (χ4n) is 2.00. The summed E-state index contributed by atoms with van der Waals surface area (Å²) in [5.74, 6) is -0.0698. The second-order valence-electron chi connectivity index (χ2n) is 4.59. The molecule has 0 atom stereocenters. The minimum absolute atomic E-state index is 0. The van der Waals surface area contributed by atoms with E-state index in [-0.39, 0.29) is 24.9 Å². The van der Waals surface area contributed by atoms with Crippen LogP contribution in [0.25, 0.3) is 10.2 Å². The van der Waals surface area contributed by atoms with Gasteiger partial charge in [-0.2, -0.15) is 4.57 Å². The van der Waals surface area contributed by atoms with Crippen LogP contribution < -0.4 is 22.3 Å². The number of pyridine rings is 1. The smallest absolute Gasteiger partial charge is 0.292 e. The Morgan fingerprint density at radius 2 is 2.10 bits per heavy atom. The van der Waals surface area contributed by atoms with E-state index in [0.717, 1.165) is 15.8 Å². The van der Waals surface area contributed by atoms with Gasteiger partial charge in [0.25, 0.3) is 5.91 Å². The van der Waals surface area contributed by atoms with E-state index in [1.165, 1.54) is 11.3 Å².